The maximum absolute atomic E-state index is 6.19. The maximum atomic E-state index is 6.19. The van der Waals surface area contributed by atoms with E-state index in [0.717, 1.165) is 11.1 Å². The summed E-state index contributed by atoms with van der Waals surface area (Å²) in [4.78, 5) is 4.24. The molecule has 0 aliphatic carbocycles. The summed E-state index contributed by atoms with van der Waals surface area (Å²) in [6, 6.07) is 6.00. The normalized spacial score (nSPS) is 26.3. The standard InChI is InChI=1S/C12H14N4O/c13-11-3-4-15-12(14,16-11)10-2-1-8-6-17-7-9(8)5-10/h1-5,15H,6-7,14H2,(H2,13,16). The van der Waals surface area contributed by atoms with Crippen LogP contribution in [0, 0.1) is 0 Å². The van der Waals surface area contributed by atoms with Crippen LogP contribution >= 0.6 is 0 Å². The third kappa shape index (κ3) is 1.69. The topological polar surface area (TPSA) is 85.7 Å². The molecule has 0 fully saturated rings. The van der Waals surface area contributed by atoms with Gasteiger partial charge in [0.25, 0.3) is 0 Å². The summed E-state index contributed by atoms with van der Waals surface area (Å²) in [6.45, 7) is 1.31. The molecular weight excluding hydrogens is 216 g/mol. The number of nitrogens with one attached hydrogen (secondary N) is 1. The lowest BCUT2D eigenvalue weighted by molar-refractivity contribution is 0.134. The number of nitrogens with two attached hydrogens (primary N) is 2. The minimum atomic E-state index is -0.976. The molecule has 0 saturated heterocycles. The Morgan fingerprint density at radius 2 is 2.12 bits per heavy atom. The lowest BCUT2D eigenvalue weighted by Crippen LogP contribution is -2.49. The zero-order valence-electron chi connectivity index (χ0n) is 9.31. The number of hydrogen-bond donors (Lipinski definition) is 3. The summed E-state index contributed by atoms with van der Waals surface area (Å²) in [5, 5.41) is 3.02. The third-order valence-electron chi connectivity index (χ3n) is 3.02. The number of nitrogens with zero attached hydrogens (tertiary/aromatic N) is 1. The molecule has 0 radical (unpaired) electrons. The summed E-state index contributed by atoms with van der Waals surface area (Å²) in [5.41, 5.74) is 15.1. The first kappa shape index (κ1) is 10.3. The smallest absolute Gasteiger partial charge is 0.211 e. The van der Waals surface area contributed by atoms with Crippen molar-refractivity contribution in [2.75, 3.05) is 0 Å². The molecule has 1 aromatic carbocycles. The molecule has 1 unspecified atom stereocenters. The average Bonchev–Trinajstić information content (AvgIpc) is 2.75. The number of aliphatic imine (C=N–C) groups is 1. The molecule has 5 N–H and O–H groups in total. The van der Waals surface area contributed by atoms with Crippen molar-refractivity contribution in [2.24, 2.45) is 16.5 Å². The number of amidine groups is 1. The van der Waals surface area contributed by atoms with Crippen LogP contribution in [0.15, 0.2) is 35.5 Å². The Balaban J connectivity index is 2.02. The van der Waals surface area contributed by atoms with Gasteiger partial charge in [-0.05, 0) is 23.3 Å². The Kier molecular flexibility index (Phi) is 2.17. The summed E-state index contributed by atoms with van der Waals surface area (Å²) in [7, 11) is 0. The fourth-order valence-electron chi connectivity index (χ4n) is 2.08. The van der Waals surface area contributed by atoms with Gasteiger partial charge in [-0.25, -0.2) is 4.99 Å². The molecule has 0 saturated carbocycles. The Morgan fingerprint density at radius 3 is 2.94 bits per heavy atom. The second-order valence-corrected chi connectivity index (χ2v) is 4.26. The van der Waals surface area contributed by atoms with Crippen LogP contribution in [0.5, 0.6) is 0 Å². The number of benzene rings is 1. The van der Waals surface area contributed by atoms with Gasteiger partial charge in [0, 0.05) is 11.8 Å². The lowest BCUT2D eigenvalue weighted by atomic mass is 10.0. The Hall–Kier alpha value is -1.85. The Morgan fingerprint density at radius 1 is 1.29 bits per heavy atom. The van der Waals surface area contributed by atoms with E-state index in [1.807, 2.05) is 18.2 Å². The van der Waals surface area contributed by atoms with E-state index < -0.39 is 5.79 Å². The van der Waals surface area contributed by atoms with Crippen molar-refractivity contribution in [3.05, 3.63) is 47.2 Å². The highest BCUT2D eigenvalue weighted by atomic mass is 16.5. The number of fused-ring (bicyclic) bond motifs is 1. The van der Waals surface area contributed by atoms with Crippen LogP contribution < -0.4 is 16.8 Å². The van der Waals surface area contributed by atoms with E-state index >= 15 is 0 Å². The molecule has 1 atom stereocenters. The molecule has 3 rings (SSSR count). The second-order valence-electron chi connectivity index (χ2n) is 4.26. The van der Waals surface area contributed by atoms with Gasteiger partial charge in [0.1, 0.15) is 5.84 Å². The van der Waals surface area contributed by atoms with Crippen LogP contribution in [0.25, 0.3) is 0 Å². The number of hydrogen-bond acceptors (Lipinski definition) is 5. The van der Waals surface area contributed by atoms with Crippen LogP contribution in [0.4, 0.5) is 0 Å². The first-order valence-electron chi connectivity index (χ1n) is 5.46. The van der Waals surface area contributed by atoms with Crippen molar-refractivity contribution in [1.82, 2.24) is 5.32 Å². The van der Waals surface area contributed by atoms with Gasteiger partial charge in [-0.15, -0.1) is 0 Å². The zero-order valence-corrected chi connectivity index (χ0v) is 9.31. The van der Waals surface area contributed by atoms with Crippen LogP contribution in [0.1, 0.15) is 16.7 Å². The molecule has 0 spiro atoms. The van der Waals surface area contributed by atoms with Crippen molar-refractivity contribution >= 4 is 5.84 Å². The number of ether oxygens (including phenoxy) is 1. The summed E-state index contributed by atoms with van der Waals surface area (Å²) < 4.78 is 5.38. The van der Waals surface area contributed by atoms with Gasteiger partial charge in [-0.1, -0.05) is 12.1 Å². The quantitative estimate of drug-likeness (QED) is 0.646. The highest BCUT2D eigenvalue weighted by molar-refractivity contribution is 5.92. The molecule has 5 nitrogen and oxygen atoms in total. The van der Waals surface area contributed by atoms with Crippen LogP contribution in [-0.4, -0.2) is 5.84 Å². The summed E-state index contributed by atoms with van der Waals surface area (Å²) in [5.74, 6) is -0.556. The summed E-state index contributed by atoms with van der Waals surface area (Å²) >= 11 is 0. The minimum Gasteiger partial charge on any atom is -0.384 e. The van der Waals surface area contributed by atoms with Crippen molar-refractivity contribution in [3.63, 3.8) is 0 Å². The van der Waals surface area contributed by atoms with Crippen LogP contribution in [0.2, 0.25) is 0 Å². The van der Waals surface area contributed by atoms with Gasteiger partial charge in [-0.3, -0.25) is 5.73 Å². The molecule has 5 heteroatoms. The van der Waals surface area contributed by atoms with Gasteiger partial charge in [0.2, 0.25) is 5.79 Å². The van der Waals surface area contributed by atoms with E-state index in [1.54, 1.807) is 12.3 Å². The highest BCUT2D eigenvalue weighted by Gasteiger charge is 2.28. The van der Waals surface area contributed by atoms with E-state index in [9.17, 15) is 0 Å². The molecule has 0 bridgehead atoms. The Bertz CT molecular complexity index is 523. The van der Waals surface area contributed by atoms with Gasteiger partial charge in [-0.2, -0.15) is 0 Å². The average molecular weight is 230 g/mol. The van der Waals surface area contributed by atoms with Crippen LogP contribution in [0.3, 0.4) is 0 Å². The predicted molar refractivity (Wildman–Crippen MR) is 64.7 cm³/mol. The molecule has 0 aromatic heterocycles. The minimum absolute atomic E-state index is 0.419. The SMILES string of the molecule is NC1=NC(N)(c2ccc3c(c2)COC3)NC=C1. The van der Waals surface area contributed by atoms with Crippen molar-refractivity contribution < 1.29 is 4.74 Å². The first-order chi connectivity index (χ1) is 8.17. The van der Waals surface area contributed by atoms with E-state index in [2.05, 4.69) is 10.3 Å². The Labute approximate surface area is 99.2 Å². The lowest BCUT2D eigenvalue weighted by Gasteiger charge is -2.29. The molecule has 2 aliphatic heterocycles. The van der Waals surface area contributed by atoms with Gasteiger partial charge >= 0.3 is 0 Å². The molecule has 2 aliphatic rings. The zero-order chi connectivity index (χ0) is 11.9. The summed E-state index contributed by atoms with van der Waals surface area (Å²) in [6.07, 6.45) is 3.40. The fourth-order valence-corrected chi connectivity index (χ4v) is 2.08. The largest absolute Gasteiger partial charge is 0.384 e. The molecule has 0 amide bonds. The molecule has 17 heavy (non-hydrogen) atoms. The van der Waals surface area contributed by atoms with Crippen LogP contribution in [-0.2, 0) is 23.7 Å². The van der Waals surface area contributed by atoms with Gasteiger partial charge in [0.05, 0.1) is 13.2 Å². The van der Waals surface area contributed by atoms with E-state index in [0.29, 0.717) is 19.0 Å². The van der Waals surface area contributed by atoms with E-state index in [1.165, 1.54) is 5.56 Å². The predicted octanol–water partition coefficient (Wildman–Crippen LogP) is 0.260. The first-order valence-corrected chi connectivity index (χ1v) is 5.46. The van der Waals surface area contributed by atoms with Crippen molar-refractivity contribution in [2.45, 2.75) is 19.0 Å². The molecule has 2 heterocycles. The fraction of sp³-hybridized carbons (Fsp3) is 0.250. The third-order valence-corrected chi connectivity index (χ3v) is 3.02. The molecule has 88 valence electrons. The van der Waals surface area contributed by atoms with E-state index in [-0.39, 0.29) is 0 Å². The maximum Gasteiger partial charge on any atom is 0.211 e. The van der Waals surface area contributed by atoms with Gasteiger partial charge < -0.3 is 15.8 Å². The highest BCUT2D eigenvalue weighted by Crippen LogP contribution is 2.26. The monoisotopic (exact) mass is 230 g/mol. The van der Waals surface area contributed by atoms with Gasteiger partial charge in [0.15, 0.2) is 0 Å². The van der Waals surface area contributed by atoms with E-state index in [4.69, 9.17) is 16.2 Å². The second kappa shape index (κ2) is 3.58. The number of rotatable bonds is 1. The van der Waals surface area contributed by atoms with Crippen molar-refractivity contribution in [1.29, 1.82) is 0 Å². The molecule has 1 aromatic rings. The molecular formula is C12H14N4O. The van der Waals surface area contributed by atoms with Crippen molar-refractivity contribution in [3.8, 4) is 0 Å².